The number of alkyl halides is 1. The first-order chi connectivity index (χ1) is 10.9. The van der Waals surface area contributed by atoms with E-state index in [1.54, 1.807) is 0 Å². The predicted octanol–water partition coefficient (Wildman–Crippen LogP) is 4.00. The van der Waals surface area contributed by atoms with Crippen LogP contribution in [0.4, 0.5) is 4.39 Å². The van der Waals surface area contributed by atoms with Crippen molar-refractivity contribution in [3.63, 3.8) is 0 Å². The van der Waals surface area contributed by atoms with E-state index in [0.29, 0.717) is 30.6 Å². The van der Waals surface area contributed by atoms with Crippen molar-refractivity contribution in [2.75, 3.05) is 0 Å². The third-order valence-corrected chi connectivity index (χ3v) is 6.56. The van der Waals surface area contributed by atoms with Crippen molar-refractivity contribution >= 4 is 5.91 Å². The molecule has 1 aromatic carbocycles. The molecule has 4 fully saturated rings. The van der Waals surface area contributed by atoms with E-state index in [2.05, 4.69) is 5.32 Å². The maximum Gasteiger partial charge on any atom is 0.230 e. The van der Waals surface area contributed by atoms with E-state index in [9.17, 15) is 9.18 Å². The van der Waals surface area contributed by atoms with Crippen LogP contribution in [0.2, 0.25) is 0 Å². The Morgan fingerprint density at radius 2 is 1.74 bits per heavy atom. The Balaban J connectivity index is 1.51. The van der Waals surface area contributed by atoms with Gasteiger partial charge < -0.3 is 5.32 Å². The van der Waals surface area contributed by atoms with Gasteiger partial charge in [-0.2, -0.15) is 0 Å². The lowest BCUT2D eigenvalue weighted by molar-refractivity contribution is -0.134. The maximum absolute atomic E-state index is 14.8. The van der Waals surface area contributed by atoms with Gasteiger partial charge in [0.05, 0.1) is 5.41 Å². The van der Waals surface area contributed by atoms with Crippen molar-refractivity contribution in [3.8, 4) is 0 Å². The molecule has 2 nitrogen and oxygen atoms in total. The molecule has 0 aromatic heterocycles. The van der Waals surface area contributed by atoms with Gasteiger partial charge in [-0.15, -0.1) is 0 Å². The predicted molar refractivity (Wildman–Crippen MR) is 88.8 cm³/mol. The Kier molecular flexibility index (Phi) is 3.33. The molecule has 1 N–H and O–H groups in total. The molecule has 0 spiro atoms. The van der Waals surface area contributed by atoms with Crippen LogP contribution in [0.1, 0.15) is 51.5 Å². The molecule has 5 rings (SSSR count). The highest BCUT2D eigenvalue weighted by atomic mass is 19.1. The number of carbonyl (C=O) groups is 1. The Hall–Kier alpha value is -1.38. The first-order valence-corrected chi connectivity index (χ1v) is 8.93. The summed E-state index contributed by atoms with van der Waals surface area (Å²) in [6.07, 6.45) is 4.25. The van der Waals surface area contributed by atoms with Crippen molar-refractivity contribution in [1.29, 1.82) is 0 Å². The molecule has 1 amide bonds. The van der Waals surface area contributed by atoms with Crippen molar-refractivity contribution in [3.05, 3.63) is 35.9 Å². The van der Waals surface area contributed by atoms with Gasteiger partial charge in [0.25, 0.3) is 0 Å². The summed E-state index contributed by atoms with van der Waals surface area (Å²) >= 11 is 0. The average Bonchev–Trinajstić information content (AvgIpc) is 2.50. The van der Waals surface area contributed by atoms with Crippen LogP contribution < -0.4 is 5.32 Å². The number of amides is 1. The second-order valence-corrected chi connectivity index (χ2v) is 8.61. The normalized spacial score (nSPS) is 38.6. The van der Waals surface area contributed by atoms with E-state index in [4.69, 9.17) is 0 Å². The number of carbonyl (C=O) groups excluding carboxylic acids is 1. The first kappa shape index (κ1) is 15.2. The zero-order valence-corrected chi connectivity index (χ0v) is 14.0. The summed E-state index contributed by atoms with van der Waals surface area (Å²) in [7, 11) is 0. The maximum atomic E-state index is 14.8. The van der Waals surface area contributed by atoms with Crippen LogP contribution in [-0.4, -0.2) is 17.6 Å². The fourth-order valence-electron chi connectivity index (χ4n) is 5.48. The van der Waals surface area contributed by atoms with E-state index in [1.165, 1.54) is 0 Å². The fourth-order valence-corrected chi connectivity index (χ4v) is 5.48. The highest BCUT2D eigenvalue weighted by Gasteiger charge is 2.56. The molecule has 4 aliphatic rings. The molecule has 4 bridgehead atoms. The number of rotatable bonds is 3. The van der Waals surface area contributed by atoms with Crippen molar-refractivity contribution in [1.82, 2.24) is 5.32 Å². The first-order valence-electron chi connectivity index (χ1n) is 8.93. The van der Waals surface area contributed by atoms with Crippen LogP contribution in [0.15, 0.2) is 30.3 Å². The van der Waals surface area contributed by atoms with E-state index in [-0.39, 0.29) is 11.9 Å². The van der Waals surface area contributed by atoms with Crippen LogP contribution in [-0.2, 0) is 10.2 Å². The Labute approximate surface area is 137 Å². The monoisotopic (exact) mass is 315 g/mol. The largest absolute Gasteiger partial charge is 0.352 e. The molecule has 23 heavy (non-hydrogen) atoms. The van der Waals surface area contributed by atoms with Gasteiger partial charge in [-0.3, -0.25) is 4.79 Å². The minimum atomic E-state index is -0.938. The quantitative estimate of drug-likeness (QED) is 0.897. The van der Waals surface area contributed by atoms with Crippen LogP contribution in [0.25, 0.3) is 0 Å². The minimum Gasteiger partial charge on any atom is -0.352 e. The van der Waals surface area contributed by atoms with Crippen molar-refractivity contribution in [2.24, 2.45) is 17.8 Å². The van der Waals surface area contributed by atoms with Gasteiger partial charge in [0.1, 0.15) is 5.67 Å². The van der Waals surface area contributed by atoms with Gasteiger partial charge in [-0.1, -0.05) is 30.3 Å². The second-order valence-electron chi connectivity index (χ2n) is 8.61. The summed E-state index contributed by atoms with van der Waals surface area (Å²) in [4.78, 5) is 12.9. The molecule has 0 unspecified atom stereocenters. The smallest absolute Gasteiger partial charge is 0.230 e. The highest BCUT2D eigenvalue weighted by Crippen LogP contribution is 2.57. The topological polar surface area (TPSA) is 29.1 Å². The van der Waals surface area contributed by atoms with Gasteiger partial charge in [0.15, 0.2) is 0 Å². The molecule has 0 heterocycles. The summed E-state index contributed by atoms with van der Waals surface area (Å²) in [6.45, 7) is 3.95. The zero-order valence-electron chi connectivity index (χ0n) is 14.0. The summed E-state index contributed by atoms with van der Waals surface area (Å²) in [5.74, 6) is 1.30. The molecule has 4 saturated carbocycles. The average molecular weight is 315 g/mol. The van der Waals surface area contributed by atoms with Crippen LogP contribution in [0, 0.1) is 17.8 Å². The van der Waals surface area contributed by atoms with E-state index in [0.717, 1.165) is 24.8 Å². The molecule has 0 aliphatic heterocycles. The standard InChI is InChI=1S/C20H26FNO/c1-19(2,16-6-4-3-5-7-16)18(23)22-17-14-8-13-9-15(17)12-20(21,10-13)11-14/h3-7,13-15,17H,8-12H2,1-2H3,(H,22,23)/t13-,14-,15-,17-,20-/m1/s1. The highest BCUT2D eigenvalue weighted by molar-refractivity contribution is 5.87. The van der Waals surface area contributed by atoms with E-state index >= 15 is 0 Å². The third-order valence-electron chi connectivity index (χ3n) is 6.56. The molecule has 3 heteroatoms. The van der Waals surface area contributed by atoms with E-state index < -0.39 is 11.1 Å². The Bertz CT molecular complexity index is 595. The summed E-state index contributed by atoms with van der Waals surface area (Å²) in [6, 6.07) is 10.1. The molecule has 124 valence electrons. The lowest BCUT2D eigenvalue weighted by Crippen LogP contribution is -2.61. The molecular formula is C20H26FNO. The summed E-state index contributed by atoms with van der Waals surface area (Å²) < 4.78 is 14.8. The van der Waals surface area contributed by atoms with Crippen LogP contribution >= 0.6 is 0 Å². The molecular weight excluding hydrogens is 289 g/mol. The van der Waals surface area contributed by atoms with Gasteiger partial charge in [0.2, 0.25) is 5.91 Å². The Morgan fingerprint density at radius 3 is 2.30 bits per heavy atom. The third kappa shape index (κ3) is 2.49. The number of benzene rings is 1. The summed E-state index contributed by atoms with van der Waals surface area (Å²) in [5.41, 5.74) is -0.459. The SMILES string of the molecule is CC(C)(C(=O)N[C@H]1[C@@H]2C[C@H]3C[C@@H]1C[C@@](F)(C2)C3)c1ccccc1. The van der Waals surface area contributed by atoms with Crippen molar-refractivity contribution < 1.29 is 9.18 Å². The van der Waals surface area contributed by atoms with Gasteiger partial charge in [-0.05, 0) is 69.3 Å². The van der Waals surface area contributed by atoms with Crippen LogP contribution in [0.3, 0.4) is 0 Å². The number of hydrogen-bond donors (Lipinski definition) is 1. The summed E-state index contributed by atoms with van der Waals surface area (Å²) in [5, 5.41) is 3.31. The molecule has 0 radical (unpaired) electrons. The lowest BCUT2D eigenvalue weighted by Gasteiger charge is -2.57. The number of hydrogen-bond acceptors (Lipinski definition) is 1. The Morgan fingerprint density at radius 1 is 1.13 bits per heavy atom. The number of halogens is 1. The second kappa shape index (κ2) is 5.06. The molecule has 0 saturated heterocycles. The van der Waals surface area contributed by atoms with Gasteiger partial charge in [0, 0.05) is 6.04 Å². The molecule has 1 aromatic rings. The van der Waals surface area contributed by atoms with E-state index in [1.807, 2.05) is 44.2 Å². The molecule has 2 atom stereocenters. The van der Waals surface area contributed by atoms with Gasteiger partial charge >= 0.3 is 0 Å². The molecule has 4 aliphatic carbocycles. The number of nitrogens with one attached hydrogen (secondary N) is 1. The minimum absolute atomic E-state index is 0.0779. The fraction of sp³-hybridized carbons (Fsp3) is 0.650. The van der Waals surface area contributed by atoms with Crippen molar-refractivity contribution in [2.45, 2.75) is 63.1 Å². The van der Waals surface area contributed by atoms with Crippen LogP contribution in [0.5, 0.6) is 0 Å². The zero-order chi connectivity index (χ0) is 16.2. The lowest BCUT2D eigenvalue weighted by atomic mass is 9.53. The van der Waals surface area contributed by atoms with Gasteiger partial charge in [-0.25, -0.2) is 4.39 Å².